The summed E-state index contributed by atoms with van der Waals surface area (Å²) in [5.74, 6) is -0.0789. The van der Waals surface area contributed by atoms with E-state index in [0.29, 0.717) is 11.2 Å². The number of carbonyl (C=O) groups excluding carboxylic acids is 1. The van der Waals surface area contributed by atoms with Gasteiger partial charge >= 0.3 is 0 Å². The molecular formula is C13H13N5O. The van der Waals surface area contributed by atoms with Crippen molar-refractivity contribution in [1.82, 2.24) is 15.1 Å². The van der Waals surface area contributed by atoms with Gasteiger partial charge in [-0.3, -0.25) is 4.79 Å². The number of aromatic nitrogens is 2. The second kappa shape index (κ2) is 5.31. The van der Waals surface area contributed by atoms with Gasteiger partial charge in [0, 0.05) is 19.5 Å². The second-order valence-electron chi connectivity index (χ2n) is 4.19. The molecule has 6 nitrogen and oxygen atoms in total. The molecule has 0 aliphatic carbocycles. The molecule has 0 spiro atoms. The van der Waals surface area contributed by atoms with Crippen LogP contribution < -0.4 is 5.32 Å². The lowest BCUT2D eigenvalue weighted by Crippen LogP contribution is -2.29. The highest BCUT2D eigenvalue weighted by molar-refractivity contribution is 5.94. The molecule has 0 bridgehead atoms. The number of anilines is 1. The lowest BCUT2D eigenvalue weighted by molar-refractivity contribution is -0.126. The first kappa shape index (κ1) is 12.8. The van der Waals surface area contributed by atoms with Gasteiger partial charge in [-0.05, 0) is 6.07 Å². The lowest BCUT2D eigenvalue weighted by Gasteiger charge is -2.13. The van der Waals surface area contributed by atoms with Crippen molar-refractivity contribution in [3.05, 3.63) is 30.0 Å². The normalized spacial score (nSPS) is 9.95. The predicted octanol–water partition coefficient (Wildman–Crippen LogP) is 1.00. The van der Waals surface area contributed by atoms with E-state index in [0.717, 1.165) is 5.39 Å². The molecule has 2 aromatic rings. The van der Waals surface area contributed by atoms with Gasteiger partial charge in [0.1, 0.15) is 6.07 Å². The number of carbonyl (C=O) groups is 1. The van der Waals surface area contributed by atoms with Gasteiger partial charge in [0.05, 0.1) is 17.7 Å². The summed E-state index contributed by atoms with van der Waals surface area (Å²) in [6.07, 6.45) is 0. The van der Waals surface area contributed by atoms with Gasteiger partial charge in [0.15, 0.2) is 5.69 Å². The summed E-state index contributed by atoms with van der Waals surface area (Å²) < 4.78 is 0. The maximum atomic E-state index is 11.6. The Morgan fingerprint density at radius 3 is 2.79 bits per heavy atom. The maximum absolute atomic E-state index is 11.6. The monoisotopic (exact) mass is 255 g/mol. The molecule has 1 N–H and O–H groups in total. The predicted molar refractivity (Wildman–Crippen MR) is 71.4 cm³/mol. The number of nitriles is 1. The van der Waals surface area contributed by atoms with Gasteiger partial charge < -0.3 is 10.2 Å². The van der Waals surface area contributed by atoms with Crippen LogP contribution in [0.15, 0.2) is 24.3 Å². The van der Waals surface area contributed by atoms with E-state index in [4.69, 9.17) is 5.26 Å². The van der Waals surface area contributed by atoms with Gasteiger partial charge in [-0.2, -0.15) is 5.26 Å². The molecule has 0 aliphatic heterocycles. The van der Waals surface area contributed by atoms with Crippen molar-refractivity contribution >= 4 is 22.5 Å². The third-order valence-electron chi connectivity index (χ3n) is 2.69. The Morgan fingerprint density at radius 1 is 1.37 bits per heavy atom. The van der Waals surface area contributed by atoms with Crippen LogP contribution in [-0.4, -0.2) is 41.6 Å². The van der Waals surface area contributed by atoms with Gasteiger partial charge in [0.2, 0.25) is 5.91 Å². The van der Waals surface area contributed by atoms with E-state index in [9.17, 15) is 4.79 Å². The minimum Gasteiger partial charge on any atom is -0.373 e. The van der Waals surface area contributed by atoms with Gasteiger partial charge in [-0.1, -0.05) is 18.2 Å². The van der Waals surface area contributed by atoms with Crippen LogP contribution in [0.5, 0.6) is 0 Å². The minimum absolute atomic E-state index is 0.0789. The number of fused-ring (bicyclic) bond motifs is 1. The van der Waals surface area contributed by atoms with Crippen molar-refractivity contribution in [2.75, 3.05) is 26.0 Å². The Morgan fingerprint density at radius 2 is 2.11 bits per heavy atom. The molecule has 0 fully saturated rings. The summed E-state index contributed by atoms with van der Waals surface area (Å²) in [6.45, 7) is 0.108. The quantitative estimate of drug-likeness (QED) is 0.884. The van der Waals surface area contributed by atoms with E-state index in [1.165, 1.54) is 4.90 Å². The SMILES string of the molecule is CN(C)C(=O)CNc1c(C#N)nnc2ccccc12. The van der Waals surface area contributed by atoms with Gasteiger partial charge in [0.25, 0.3) is 0 Å². The van der Waals surface area contributed by atoms with Crippen molar-refractivity contribution in [3.8, 4) is 6.07 Å². The van der Waals surface area contributed by atoms with Crippen molar-refractivity contribution in [1.29, 1.82) is 5.26 Å². The smallest absolute Gasteiger partial charge is 0.241 e. The molecule has 0 radical (unpaired) electrons. The van der Waals surface area contributed by atoms with E-state index in [-0.39, 0.29) is 18.1 Å². The molecule has 2 rings (SSSR count). The summed E-state index contributed by atoms with van der Waals surface area (Å²) in [4.78, 5) is 13.1. The fraction of sp³-hybridized carbons (Fsp3) is 0.231. The Kier molecular flexibility index (Phi) is 3.57. The van der Waals surface area contributed by atoms with Gasteiger partial charge in [-0.15, -0.1) is 10.2 Å². The molecule has 19 heavy (non-hydrogen) atoms. The Bertz CT molecular complexity index is 660. The third-order valence-corrected chi connectivity index (χ3v) is 2.69. The Hall–Kier alpha value is -2.68. The number of nitrogens with zero attached hydrogens (tertiary/aromatic N) is 4. The first-order valence-electron chi connectivity index (χ1n) is 5.73. The highest BCUT2D eigenvalue weighted by Gasteiger charge is 2.11. The number of hydrogen-bond acceptors (Lipinski definition) is 5. The third kappa shape index (κ3) is 2.60. The van der Waals surface area contributed by atoms with E-state index in [1.807, 2.05) is 30.3 Å². The average molecular weight is 255 g/mol. The van der Waals surface area contributed by atoms with Crippen LogP contribution in [0.25, 0.3) is 10.9 Å². The number of likely N-dealkylation sites (N-methyl/N-ethyl adjacent to an activating group) is 1. The number of nitrogens with one attached hydrogen (secondary N) is 1. The van der Waals surface area contributed by atoms with Crippen LogP contribution in [0.3, 0.4) is 0 Å². The lowest BCUT2D eigenvalue weighted by atomic mass is 10.1. The number of amides is 1. The van der Waals surface area contributed by atoms with E-state index < -0.39 is 0 Å². The van der Waals surface area contributed by atoms with Gasteiger partial charge in [-0.25, -0.2) is 0 Å². The van der Waals surface area contributed by atoms with Crippen molar-refractivity contribution < 1.29 is 4.79 Å². The van der Waals surface area contributed by atoms with Crippen LogP contribution in [0.4, 0.5) is 5.69 Å². The van der Waals surface area contributed by atoms with Crippen molar-refractivity contribution in [3.63, 3.8) is 0 Å². The van der Waals surface area contributed by atoms with E-state index >= 15 is 0 Å². The largest absolute Gasteiger partial charge is 0.373 e. The van der Waals surface area contributed by atoms with Crippen molar-refractivity contribution in [2.24, 2.45) is 0 Å². The highest BCUT2D eigenvalue weighted by Crippen LogP contribution is 2.23. The number of benzene rings is 1. The Labute approximate surface area is 110 Å². The zero-order valence-corrected chi connectivity index (χ0v) is 10.7. The van der Waals surface area contributed by atoms with E-state index in [1.54, 1.807) is 14.1 Å². The summed E-state index contributed by atoms with van der Waals surface area (Å²) in [6, 6.07) is 9.32. The van der Waals surface area contributed by atoms with Crippen LogP contribution >= 0.6 is 0 Å². The molecule has 0 aliphatic rings. The first-order valence-corrected chi connectivity index (χ1v) is 5.73. The zero-order valence-electron chi connectivity index (χ0n) is 10.7. The summed E-state index contributed by atoms with van der Waals surface area (Å²) in [5, 5.41) is 20.6. The van der Waals surface area contributed by atoms with Crippen molar-refractivity contribution in [2.45, 2.75) is 0 Å². The van der Waals surface area contributed by atoms with Crippen LogP contribution in [0.1, 0.15) is 5.69 Å². The number of hydrogen-bond donors (Lipinski definition) is 1. The summed E-state index contributed by atoms with van der Waals surface area (Å²) in [5.41, 5.74) is 1.41. The topological polar surface area (TPSA) is 81.9 Å². The Balaban J connectivity index is 2.40. The molecule has 0 unspecified atom stereocenters. The molecule has 1 aromatic carbocycles. The molecule has 1 heterocycles. The molecule has 96 valence electrons. The fourth-order valence-electron chi connectivity index (χ4n) is 1.63. The molecule has 1 amide bonds. The molecule has 6 heteroatoms. The van der Waals surface area contributed by atoms with Crippen LogP contribution in [0, 0.1) is 11.3 Å². The zero-order chi connectivity index (χ0) is 13.8. The fourth-order valence-corrected chi connectivity index (χ4v) is 1.63. The maximum Gasteiger partial charge on any atom is 0.241 e. The molecular weight excluding hydrogens is 242 g/mol. The summed E-state index contributed by atoms with van der Waals surface area (Å²) in [7, 11) is 3.36. The van der Waals surface area contributed by atoms with Crippen LogP contribution in [0.2, 0.25) is 0 Å². The molecule has 1 aromatic heterocycles. The average Bonchev–Trinajstić information content (AvgIpc) is 2.43. The second-order valence-corrected chi connectivity index (χ2v) is 4.19. The minimum atomic E-state index is -0.0789. The highest BCUT2D eigenvalue weighted by atomic mass is 16.2. The summed E-state index contributed by atoms with van der Waals surface area (Å²) >= 11 is 0. The molecule has 0 atom stereocenters. The van der Waals surface area contributed by atoms with E-state index in [2.05, 4.69) is 15.5 Å². The first-order chi connectivity index (χ1) is 9.13. The van der Waals surface area contributed by atoms with Crippen LogP contribution in [-0.2, 0) is 4.79 Å². The molecule has 0 saturated carbocycles. The standard InChI is InChI=1S/C13H13N5O/c1-18(2)12(19)8-15-13-9-5-3-4-6-10(9)16-17-11(13)7-14/h3-6H,8H2,1-2H3,(H,15,16). The number of rotatable bonds is 3. The molecule has 0 saturated heterocycles.